The number of aromatic nitrogens is 4. The molecule has 216 valence electrons. The van der Waals surface area contributed by atoms with Gasteiger partial charge in [0.1, 0.15) is 23.0 Å². The Morgan fingerprint density at radius 2 is 1.98 bits per heavy atom. The maximum absolute atomic E-state index is 13.1. The van der Waals surface area contributed by atoms with Crippen molar-refractivity contribution in [2.24, 2.45) is 0 Å². The SMILES string of the molecule is CCCC1CC(OCc2c(-c3ccccc3OC(F)F)noc2C2CC2)CCN1c1ccc(-c2noc(=O)[nH]2)cn1. The monoisotopic (exact) mass is 567 g/mol. The largest absolute Gasteiger partial charge is 0.439 e. The van der Waals surface area contributed by atoms with Crippen LogP contribution in [0.3, 0.4) is 0 Å². The number of anilines is 1. The van der Waals surface area contributed by atoms with Crippen molar-refractivity contribution in [3.05, 3.63) is 64.5 Å². The highest BCUT2D eigenvalue weighted by Gasteiger charge is 2.35. The third-order valence-electron chi connectivity index (χ3n) is 7.63. The summed E-state index contributed by atoms with van der Waals surface area (Å²) in [7, 11) is 0. The fraction of sp³-hybridized carbons (Fsp3) is 0.448. The number of aromatic amines is 1. The van der Waals surface area contributed by atoms with Crippen LogP contribution in [0.5, 0.6) is 5.75 Å². The molecule has 0 radical (unpaired) electrons. The Bertz CT molecular complexity index is 1510. The minimum Gasteiger partial charge on any atom is -0.434 e. The fourth-order valence-electron chi connectivity index (χ4n) is 5.53. The van der Waals surface area contributed by atoms with Crippen LogP contribution in [0.2, 0.25) is 0 Å². The Labute approximate surface area is 234 Å². The van der Waals surface area contributed by atoms with Gasteiger partial charge >= 0.3 is 12.4 Å². The van der Waals surface area contributed by atoms with E-state index in [2.05, 4.69) is 36.6 Å². The van der Waals surface area contributed by atoms with E-state index in [1.807, 2.05) is 12.1 Å². The first-order chi connectivity index (χ1) is 20.0. The molecule has 10 nitrogen and oxygen atoms in total. The number of nitrogens with one attached hydrogen (secondary N) is 1. The number of benzene rings is 1. The molecule has 1 N–H and O–H groups in total. The van der Waals surface area contributed by atoms with Crippen molar-refractivity contribution in [2.75, 3.05) is 11.4 Å². The fourth-order valence-corrected chi connectivity index (χ4v) is 5.53. The molecule has 41 heavy (non-hydrogen) atoms. The number of hydrogen-bond acceptors (Lipinski definition) is 9. The first kappa shape index (κ1) is 27.1. The van der Waals surface area contributed by atoms with Crippen LogP contribution in [0.15, 0.2) is 56.4 Å². The summed E-state index contributed by atoms with van der Waals surface area (Å²) < 4.78 is 47.7. The zero-order valence-corrected chi connectivity index (χ0v) is 22.6. The summed E-state index contributed by atoms with van der Waals surface area (Å²) in [6, 6.07) is 10.7. The third kappa shape index (κ3) is 6.02. The molecule has 4 heterocycles. The molecule has 2 atom stereocenters. The molecule has 3 aromatic heterocycles. The number of halogens is 2. The minimum atomic E-state index is -2.94. The molecule has 6 rings (SSSR count). The average Bonchev–Trinajstić information content (AvgIpc) is 3.59. The Morgan fingerprint density at radius 1 is 1.12 bits per heavy atom. The molecular weight excluding hydrogens is 536 g/mol. The van der Waals surface area contributed by atoms with Crippen molar-refractivity contribution in [3.8, 4) is 28.4 Å². The van der Waals surface area contributed by atoms with Gasteiger partial charge in [0.15, 0.2) is 5.82 Å². The van der Waals surface area contributed by atoms with Crippen molar-refractivity contribution in [2.45, 2.75) is 76.7 Å². The van der Waals surface area contributed by atoms with Gasteiger partial charge < -0.3 is 18.9 Å². The van der Waals surface area contributed by atoms with Crippen LogP contribution in [0, 0.1) is 0 Å². The summed E-state index contributed by atoms with van der Waals surface area (Å²) in [4.78, 5) is 20.8. The molecule has 1 aliphatic carbocycles. The van der Waals surface area contributed by atoms with Crippen LogP contribution in [0.4, 0.5) is 14.6 Å². The number of piperidine rings is 1. The molecule has 2 unspecified atom stereocenters. The molecule has 2 fully saturated rings. The quantitative estimate of drug-likeness (QED) is 0.236. The lowest BCUT2D eigenvalue weighted by Crippen LogP contribution is -2.45. The summed E-state index contributed by atoms with van der Waals surface area (Å²) >= 11 is 0. The van der Waals surface area contributed by atoms with Crippen LogP contribution in [-0.2, 0) is 11.3 Å². The van der Waals surface area contributed by atoms with Gasteiger partial charge in [0.2, 0.25) is 0 Å². The predicted octanol–water partition coefficient (Wildman–Crippen LogP) is 5.91. The van der Waals surface area contributed by atoms with E-state index in [0.717, 1.165) is 62.2 Å². The topological polar surface area (TPSA) is 120 Å². The number of hydrogen-bond donors (Lipinski definition) is 1. The van der Waals surface area contributed by atoms with Gasteiger partial charge in [-0.2, -0.15) is 8.78 Å². The van der Waals surface area contributed by atoms with Gasteiger partial charge in [-0.15, -0.1) is 0 Å². The smallest absolute Gasteiger partial charge is 0.434 e. The number of pyridine rings is 1. The Hall–Kier alpha value is -4.06. The molecule has 1 saturated carbocycles. The second-order valence-electron chi connectivity index (χ2n) is 10.5. The highest BCUT2D eigenvalue weighted by atomic mass is 19.3. The first-order valence-electron chi connectivity index (χ1n) is 13.9. The first-order valence-corrected chi connectivity index (χ1v) is 13.9. The molecule has 1 aliphatic heterocycles. The van der Waals surface area contributed by atoms with E-state index in [-0.39, 0.29) is 30.4 Å². The maximum Gasteiger partial charge on any atom is 0.439 e. The van der Waals surface area contributed by atoms with Crippen LogP contribution in [0.25, 0.3) is 22.6 Å². The molecule has 1 aromatic carbocycles. The number of ether oxygens (including phenoxy) is 2. The zero-order valence-electron chi connectivity index (χ0n) is 22.6. The second-order valence-corrected chi connectivity index (χ2v) is 10.5. The lowest BCUT2D eigenvalue weighted by molar-refractivity contribution is -0.0494. The summed E-state index contributed by atoms with van der Waals surface area (Å²) in [5.74, 6) is 1.69. The normalized spacial score (nSPS) is 19.2. The van der Waals surface area contributed by atoms with Crippen LogP contribution >= 0.6 is 0 Å². The van der Waals surface area contributed by atoms with Gasteiger partial charge in [0.25, 0.3) is 0 Å². The van der Waals surface area contributed by atoms with Gasteiger partial charge in [-0.05, 0) is 56.4 Å². The van der Waals surface area contributed by atoms with Crippen LogP contribution < -0.4 is 15.4 Å². The predicted molar refractivity (Wildman–Crippen MR) is 145 cm³/mol. The van der Waals surface area contributed by atoms with Crippen molar-refractivity contribution in [1.29, 1.82) is 0 Å². The summed E-state index contributed by atoms with van der Waals surface area (Å²) in [6.07, 6.45) is 7.29. The summed E-state index contributed by atoms with van der Waals surface area (Å²) in [5.41, 5.74) is 2.42. The molecule has 0 bridgehead atoms. The number of alkyl halides is 2. The molecule has 2 aliphatic rings. The van der Waals surface area contributed by atoms with Crippen molar-refractivity contribution < 1.29 is 27.3 Å². The second kappa shape index (κ2) is 11.8. The highest BCUT2D eigenvalue weighted by Crippen LogP contribution is 2.45. The third-order valence-corrected chi connectivity index (χ3v) is 7.63. The van der Waals surface area contributed by atoms with Gasteiger partial charge in [0, 0.05) is 41.4 Å². The highest BCUT2D eigenvalue weighted by molar-refractivity contribution is 5.70. The molecule has 4 aromatic rings. The van der Waals surface area contributed by atoms with Gasteiger partial charge in [-0.1, -0.05) is 35.8 Å². The number of rotatable bonds is 11. The van der Waals surface area contributed by atoms with E-state index < -0.39 is 12.4 Å². The molecule has 1 saturated heterocycles. The number of H-pyrrole nitrogens is 1. The minimum absolute atomic E-state index is 0.00430. The molecule has 12 heteroatoms. The van der Waals surface area contributed by atoms with Crippen molar-refractivity contribution in [3.63, 3.8) is 0 Å². The number of para-hydroxylation sites is 1. The van der Waals surface area contributed by atoms with E-state index in [4.69, 9.17) is 14.0 Å². The Kier molecular flexibility index (Phi) is 7.82. The van der Waals surface area contributed by atoms with E-state index in [1.165, 1.54) is 6.07 Å². The Balaban J connectivity index is 1.17. The molecular formula is C29H31F2N5O5. The standard InChI is InChI=1S/C29H31F2N5O5/c1-2-5-19-14-20(12-13-36(19)24-11-10-18(15-32-24)27-33-29(37)41-35-27)38-16-22-25(34-40-26(22)17-8-9-17)21-6-3-4-7-23(21)39-28(30)31/h3-4,6-7,10-11,15,17,19-20,28H,2,5,8-9,12-14,16H2,1H3,(H,33,35,37). The van der Waals surface area contributed by atoms with E-state index in [1.54, 1.807) is 24.4 Å². The summed E-state index contributed by atoms with van der Waals surface area (Å²) in [6.45, 7) is 0.257. The lowest BCUT2D eigenvalue weighted by atomic mass is 9.95. The van der Waals surface area contributed by atoms with Crippen molar-refractivity contribution >= 4 is 5.82 Å². The zero-order chi connectivity index (χ0) is 28.3. The average molecular weight is 568 g/mol. The van der Waals surface area contributed by atoms with Crippen molar-refractivity contribution in [1.82, 2.24) is 20.3 Å². The van der Waals surface area contributed by atoms with E-state index in [9.17, 15) is 13.6 Å². The van der Waals surface area contributed by atoms with E-state index in [0.29, 0.717) is 22.6 Å². The maximum atomic E-state index is 13.1. The number of nitrogens with zero attached hydrogens (tertiary/aromatic N) is 4. The summed E-state index contributed by atoms with van der Waals surface area (Å²) in [5, 5.41) is 8.00. The van der Waals surface area contributed by atoms with Gasteiger partial charge in [-0.25, -0.2) is 9.78 Å². The Morgan fingerprint density at radius 3 is 2.68 bits per heavy atom. The molecule has 0 amide bonds. The van der Waals surface area contributed by atoms with Crippen LogP contribution in [-0.4, -0.2) is 45.6 Å². The van der Waals surface area contributed by atoms with E-state index >= 15 is 0 Å². The lowest BCUT2D eigenvalue weighted by Gasteiger charge is -2.40. The van der Waals surface area contributed by atoms with Gasteiger partial charge in [0.05, 0.1) is 12.7 Å². The van der Waals surface area contributed by atoms with Gasteiger partial charge in [-0.3, -0.25) is 9.51 Å². The van der Waals surface area contributed by atoms with Crippen LogP contribution in [0.1, 0.15) is 62.7 Å². The molecule has 0 spiro atoms.